The molecule has 1 rings (SSSR count). The molecule has 1 aromatic heterocycles. The topological polar surface area (TPSA) is 53.4 Å². The van der Waals surface area contributed by atoms with Crippen molar-refractivity contribution in [3.05, 3.63) is 27.0 Å². The van der Waals surface area contributed by atoms with E-state index in [9.17, 15) is 4.79 Å². The van der Waals surface area contributed by atoms with Crippen molar-refractivity contribution in [2.24, 2.45) is 0 Å². The minimum atomic E-state index is -0.351. The van der Waals surface area contributed by atoms with E-state index in [1.165, 1.54) is 6.20 Å². The Balaban J connectivity index is 3.15. The lowest BCUT2D eigenvalue weighted by Crippen LogP contribution is -2.42. The van der Waals surface area contributed by atoms with Gasteiger partial charge in [0.15, 0.2) is 0 Å². The van der Waals surface area contributed by atoms with Crippen molar-refractivity contribution < 1.29 is 9.90 Å². The molecule has 4 nitrogen and oxygen atoms in total. The van der Waals surface area contributed by atoms with Crippen molar-refractivity contribution in [1.29, 1.82) is 0 Å². The number of rotatable bonds is 6. The molecule has 0 saturated carbocycles. The average Bonchev–Trinajstić information content (AvgIpc) is 2.44. The Morgan fingerprint density at radius 1 is 1.30 bits per heavy atom. The number of hydrogen-bond donors (Lipinski definition) is 1. The Hall–Kier alpha value is -0.550. The van der Waals surface area contributed by atoms with E-state index in [4.69, 9.17) is 39.9 Å². The van der Waals surface area contributed by atoms with Crippen LogP contribution in [0.2, 0.25) is 15.1 Å². The summed E-state index contributed by atoms with van der Waals surface area (Å²) in [5.74, 6) is -0.351. The number of halogens is 3. The molecule has 0 saturated heterocycles. The zero-order valence-electron chi connectivity index (χ0n) is 11.4. The third-order valence-electron chi connectivity index (χ3n) is 3.10. The van der Waals surface area contributed by atoms with E-state index in [1.54, 1.807) is 4.90 Å². The molecule has 112 valence electrons. The number of amides is 1. The Morgan fingerprint density at radius 3 is 2.40 bits per heavy atom. The third-order valence-corrected chi connectivity index (χ3v) is 4.35. The van der Waals surface area contributed by atoms with Gasteiger partial charge in [0.05, 0.1) is 21.7 Å². The standard InChI is InChI=1S/C13H17Cl3N2O2/c1-3-8(4-2)18(5-6-19)13(20)12-11(16)10(15)9(14)7-17-12/h7-8,19H,3-6H2,1-2H3. The van der Waals surface area contributed by atoms with Gasteiger partial charge in [-0.25, -0.2) is 4.98 Å². The van der Waals surface area contributed by atoms with Crippen molar-refractivity contribution in [2.45, 2.75) is 32.7 Å². The molecule has 0 aliphatic rings. The summed E-state index contributed by atoms with van der Waals surface area (Å²) in [6.07, 6.45) is 2.86. The highest BCUT2D eigenvalue weighted by molar-refractivity contribution is 6.48. The van der Waals surface area contributed by atoms with Gasteiger partial charge in [-0.3, -0.25) is 4.79 Å². The van der Waals surface area contributed by atoms with Gasteiger partial charge in [-0.1, -0.05) is 48.7 Å². The zero-order chi connectivity index (χ0) is 15.3. The molecule has 0 spiro atoms. The molecule has 1 aromatic rings. The van der Waals surface area contributed by atoms with Gasteiger partial charge >= 0.3 is 0 Å². The predicted octanol–water partition coefficient (Wildman–Crippen LogP) is 3.66. The van der Waals surface area contributed by atoms with Crippen molar-refractivity contribution >= 4 is 40.7 Å². The summed E-state index contributed by atoms with van der Waals surface area (Å²) in [6.45, 7) is 4.07. The van der Waals surface area contributed by atoms with Gasteiger partial charge in [0.1, 0.15) is 5.69 Å². The van der Waals surface area contributed by atoms with Crippen LogP contribution >= 0.6 is 34.8 Å². The molecule has 0 bridgehead atoms. The van der Waals surface area contributed by atoms with E-state index < -0.39 is 0 Å². The summed E-state index contributed by atoms with van der Waals surface area (Å²) < 4.78 is 0. The Bertz CT molecular complexity index is 479. The lowest BCUT2D eigenvalue weighted by atomic mass is 10.1. The summed E-state index contributed by atoms with van der Waals surface area (Å²) in [5.41, 5.74) is 0.0569. The molecular formula is C13H17Cl3N2O2. The number of nitrogens with zero attached hydrogens (tertiary/aromatic N) is 2. The van der Waals surface area contributed by atoms with Crippen LogP contribution in [0.1, 0.15) is 37.2 Å². The van der Waals surface area contributed by atoms with Gasteiger partial charge in [-0.05, 0) is 12.8 Å². The van der Waals surface area contributed by atoms with Gasteiger partial charge < -0.3 is 10.0 Å². The van der Waals surface area contributed by atoms with E-state index >= 15 is 0 Å². The molecule has 0 fully saturated rings. The van der Waals surface area contributed by atoms with E-state index in [-0.39, 0.29) is 45.9 Å². The van der Waals surface area contributed by atoms with Crippen LogP contribution < -0.4 is 0 Å². The first-order chi connectivity index (χ1) is 9.47. The molecule has 1 heterocycles. The molecular weight excluding hydrogens is 323 g/mol. The molecule has 7 heteroatoms. The molecule has 0 radical (unpaired) electrons. The number of carbonyl (C=O) groups excluding carboxylic acids is 1. The number of carbonyl (C=O) groups is 1. The van der Waals surface area contributed by atoms with Crippen LogP contribution in [0, 0.1) is 0 Å². The fraction of sp³-hybridized carbons (Fsp3) is 0.538. The van der Waals surface area contributed by atoms with Gasteiger partial charge in [0, 0.05) is 18.8 Å². The fourth-order valence-electron chi connectivity index (χ4n) is 2.02. The van der Waals surface area contributed by atoms with Crippen LogP contribution in [0.15, 0.2) is 6.20 Å². The first-order valence-electron chi connectivity index (χ1n) is 6.39. The smallest absolute Gasteiger partial charge is 0.274 e. The average molecular weight is 340 g/mol. The van der Waals surface area contributed by atoms with Crippen LogP contribution in [0.5, 0.6) is 0 Å². The first kappa shape index (κ1) is 17.5. The van der Waals surface area contributed by atoms with Crippen LogP contribution in [0.25, 0.3) is 0 Å². The molecule has 1 amide bonds. The minimum Gasteiger partial charge on any atom is -0.395 e. The Morgan fingerprint density at radius 2 is 1.90 bits per heavy atom. The fourth-order valence-corrected chi connectivity index (χ4v) is 2.58. The molecule has 0 aliphatic heterocycles. The SMILES string of the molecule is CCC(CC)N(CCO)C(=O)c1ncc(Cl)c(Cl)c1Cl. The second-order valence-corrected chi connectivity index (χ2v) is 5.44. The lowest BCUT2D eigenvalue weighted by molar-refractivity contribution is 0.0616. The maximum Gasteiger partial charge on any atom is 0.274 e. The molecule has 0 atom stereocenters. The minimum absolute atomic E-state index is 0.0157. The highest BCUT2D eigenvalue weighted by Crippen LogP contribution is 2.32. The number of aliphatic hydroxyl groups excluding tert-OH is 1. The second-order valence-electron chi connectivity index (χ2n) is 4.28. The summed E-state index contributed by atoms with van der Waals surface area (Å²) in [5, 5.41) is 9.50. The maximum absolute atomic E-state index is 12.5. The number of pyridine rings is 1. The number of aromatic nitrogens is 1. The Labute approximate surface area is 133 Å². The maximum atomic E-state index is 12.5. The number of hydrogen-bond acceptors (Lipinski definition) is 3. The monoisotopic (exact) mass is 338 g/mol. The van der Waals surface area contributed by atoms with Crippen molar-refractivity contribution in [2.75, 3.05) is 13.2 Å². The molecule has 0 aromatic carbocycles. The van der Waals surface area contributed by atoms with Crippen LogP contribution in [-0.4, -0.2) is 40.1 Å². The quantitative estimate of drug-likeness (QED) is 0.860. The lowest BCUT2D eigenvalue weighted by Gasteiger charge is -2.30. The van der Waals surface area contributed by atoms with Crippen LogP contribution in [0.4, 0.5) is 0 Å². The van der Waals surface area contributed by atoms with Crippen molar-refractivity contribution in [1.82, 2.24) is 9.88 Å². The van der Waals surface area contributed by atoms with Gasteiger partial charge in [0.25, 0.3) is 5.91 Å². The molecule has 0 aliphatic carbocycles. The number of aliphatic hydroxyl groups is 1. The first-order valence-corrected chi connectivity index (χ1v) is 7.52. The largest absolute Gasteiger partial charge is 0.395 e. The van der Waals surface area contributed by atoms with Gasteiger partial charge in [0.2, 0.25) is 0 Å². The van der Waals surface area contributed by atoms with E-state index in [2.05, 4.69) is 4.98 Å². The second kappa shape index (κ2) is 8.03. The summed E-state index contributed by atoms with van der Waals surface area (Å²) >= 11 is 17.8. The highest BCUT2D eigenvalue weighted by atomic mass is 35.5. The van der Waals surface area contributed by atoms with Gasteiger partial charge in [-0.2, -0.15) is 0 Å². The summed E-state index contributed by atoms with van der Waals surface area (Å²) in [7, 11) is 0. The van der Waals surface area contributed by atoms with Crippen molar-refractivity contribution in [3.63, 3.8) is 0 Å². The third kappa shape index (κ3) is 3.76. The van der Waals surface area contributed by atoms with Crippen LogP contribution in [-0.2, 0) is 0 Å². The van der Waals surface area contributed by atoms with E-state index in [0.717, 1.165) is 12.8 Å². The van der Waals surface area contributed by atoms with E-state index in [0.29, 0.717) is 0 Å². The Kier molecular flexibility index (Phi) is 7.03. The predicted molar refractivity (Wildman–Crippen MR) is 81.8 cm³/mol. The van der Waals surface area contributed by atoms with E-state index in [1.807, 2.05) is 13.8 Å². The highest BCUT2D eigenvalue weighted by Gasteiger charge is 2.26. The summed E-state index contributed by atoms with van der Waals surface area (Å²) in [6, 6.07) is 0.0157. The molecule has 0 unspecified atom stereocenters. The van der Waals surface area contributed by atoms with Crippen molar-refractivity contribution in [3.8, 4) is 0 Å². The normalized spacial score (nSPS) is 10.9. The molecule has 20 heavy (non-hydrogen) atoms. The molecule has 1 N–H and O–H groups in total. The summed E-state index contributed by atoms with van der Waals surface area (Å²) in [4.78, 5) is 18.1. The zero-order valence-corrected chi connectivity index (χ0v) is 13.6. The van der Waals surface area contributed by atoms with Crippen LogP contribution in [0.3, 0.4) is 0 Å². The van der Waals surface area contributed by atoms with Gasteiger partial charge in [-0.15, -0.1) is 0 Å².